The van der Waals surface area contributed by atoms with Crippen molar-refractivity contribution in [1.29, 1.82) is 0 Å². The average Bonchev–Trinajstić information content (AvgIpc) is 3.69. The number of hydrogen-bond acceptors (Lipinski definition) is 13. The summed E-state index contributed by atoms with van der Waals surface area (Å²) in [6, 6.07) is 19.2. The number of rotatable bonds is 12. The van der Waals surface area contributed by atoms with E-state index in [-0.39, 0.29) is 53.0 Å². The number of ether oxygens (including phenoxy) is 3. The predicted molar refractivity (Wildman–Crippen MR) is 257 cm³/mol. The summed E-state index contributed by atoms with van der Waals surface area (Å²) in [7, 11) is -4.67. The zero-order valence-electron chi connectivity index (χ0n) is 37.6. The third kappa shape index (κ3) is 9.84. The molecule has 18 heteroatoms. The number of nitro groups is 1. The maximum Gasteiger partial charge on any atom is 0.297 e. The first-order chi connectivity index (χ1) is 32.2. The minimum Gasteiger partial charge on any atom is -0.491 e. The highest BCUT2D eigenvalue weighted by Gasteiger charge is 2.38. The number of carbonyl (C=O) groups excluding carboxylic acids is 1. The Morgan fingerprint density at radius 2 is 1.87 bits per heavy atom. The van der Waals surface area contributed by atoms with Gasteiger partial charge in [-0.2, -0.15) is 0 Å². The van der Waals surface area contributed by atoms with Crippen LogP contribution >= 0.6 is 11.6 Å². The first kappa shape index (κ1) is 45.1. The normalized spacial score (nSPS) is 22.1. The second kappa shape index (κ2) is 18.4. The lowest BCUT2D eigenvalue weighted by molar-refractivity contribution is -0.384. The van der Waals surface area contributed by atoms with Crippen molar-refractivity contribution in [3.63, 3.8) is 0 Å². The molecule has 11 rings (SSSR count). The molecule has 1 aliphatic carbocycles. The Balaban J connectivity index is 0.876. The van der Waals surface area contributed by atoms with Crippen LogP contribution in [0.4, 0.5) is 17.1 Å². The Hall–Kier alpha value is -5.72. The molecule has 0 radical (unpaired) electrons. The van der Waals surface area contributed by atoms with Gasteiger partial charge in [0.05, 0.1) is 40.9 Å². The number of nitrogens with one attached hydrogen (secondary N) is 3. The number of fused-ring (bicyclic) bond motifs is 5. The van der Waals surface area contributed by atoms with Crippen molar-refractivity contribution >= 4 is 61.2 Å². The Labute approximate surface area is 394 Å². The number of allylic oxidation sites excluding steroid dienone is 1. The van der Waals surface area contributed by atoms with Crippen LogP contribution < -0.4 is 24.4 Å². The van der Waals surface area contributed by atoms with E-state index >= 15 is 0 Å². The molecule has 0 unspecified atom stereocenters. The Morgan fingerprint density at radius 1 is 1.04 bits per heavy atom. The SMILES string of the molecule is CC1(C)CCC(CN2CCN(c3ccc(C(=O)NS(=O)(=O)c4cc5c(c([N+](=O)[O-])c4)N[C@H](CN4C[C@H]6CC[C@@H]4CO6)CCO5)c(Oc4cnc5[nH]ccc5c4)c3)CC2)=C(c2ccc(Cl)cc2)C1. The predicted octanol–water partition coefficient (Wildman–Crippen LogP) is 8.25. The smallest absolute Gasteiger partial charge is 0.297 e. The number of anilines is 2. The van der Waals surface area contributed by atoms with Gasteiger partial charge in [0.1, 0.15) is 17.1 Å². The number of amides is 1. The van der Waals surface area contributed by atoms with Crippen LogP contribution in [-0.4, -0.2) is 116 Å². The minimum absolute atomic E-state index is 0.0237. The van der Waals surface area contributed by atoms with E-state index in [1.165, 1.54) is 29.0 Å². The first-order valence-corrected chi connectivity index (χ1v) is 24.9. The van der Waals surface area contributed by atoms with Gasteiger partial charge in [-0.25, -0.2) is 18.1 Å². The van der Waals surface area contributed by atoms with Gasteiger partial charge in [0.2, 0.25) is 0 Å². The second-order valence-electron chi connectivity index (χ2n) is 19.2. The molecule has 16 nitrogen and oxygen atoms in total. The number of pyridine rings is 1. The highest BCUT2D eigenvalue weighted by Crippen LogP contribution is 2.44. The fourth-order valence-electron chi connectivity index (χ4n) is 10.2. The maximum absolute atomic E-state index is 14.2. The van der Waals surface area contributed by atoms with Gasteiger partial charge in [-0.05, 0) is 85.1 Å². The van der Waals surface area contributed by atoms with E-state index in [1.54, 1.807) is 30.5 Å². The number of morpholine rings is 1. The summed E-state index contributed by atoms with van der Waals surface area (Å²) in [5, 5.41) is 17.3. The molecule has 67 heavy (non-hydrogen) atoms. The second-order valence-corrected chi connectivity index (χ2v) is 21.3. The number of piperidine rings is 1. The van der Waals surface area contributed by atoms with Crippen LogP contribution in [0.5, 0.6) is 17.2 Å². The van der Waals surface area contributed by atoms with E-state index < -0.39 is 31.4 Å². The molecule has 5 aromatic rings. The number of halogens is 1. The molecule has 2 bridgehead atoms. The lowest BCUT2D eigenvalue weighted by atomic mass is 9.72. The molecular formula is C49H55ClN8O8S. The number of nitrogens with zero attached hydrogens (tertiary/aromatic N) is 5. The van der Waals surface area contributed by atoms with E-state index in [4.69, 9.17) is 25.8 Å². The standard InChI is InChI=1S/C49H55ClN8O8S/c1-49(2)14-11-33(42(25-49)31-3-5-34(50)6-4-31)27-55-16-18-56(19-17-55)36-8-10-41(44(22-36)66-39-21-32-12-15-51-47(32)52-26-39)48(59)54-67(62,63)40-23-43(58(60)61)46-45(24-40)64-20-13-35(53-46)28-57-29-38-9-7-37(57)30-65-38/h3-6,8,10,12,15,21-24,26,35,37-38,53H,7,9,11,13-14,16-20,25,27-30H2,1-2H3,(H,51,52)(H,54,59)/t35-,37+,38+/m0/s1. The van der Waals surface area contributed by atoms with Gasteiger partial charge >= 0.3 is 0 Å². The maximum atomic E-state index is 14.2. The molecule has 352 valence electrons. The number of nitro benzene ring substituents is 1. The molecule has 3 N–H and O–H groups in total. The number of aromatic nitrogens is 2. The van der Waals surface area contributed by atoms with Crippen LogP contribution in [0.15, 0.2) is 89.6 Å². The highest BCUT2D eigenvalue weighted by molar-refractivity contribution is 7.90. The third-order valence-corrected chi connectivity index (χ3v) is 15.5. The van der Waals surface area contributed by atoms with Crippen LogP contribution in [0, 0.1) is 15.5 Å². The van der Waals surface area contributed by atoms with Crippen LogP contribution in [-0.2, 0) is 14.8 Å². The van der Waals surface area contributed by atoms with Crippen molar-refractivity contribution in [2.75, 3.05) is 69.2 Å². The first-order valence-electron chi connectivity index (χ1n) is 23.1. The van der Waals surface area contributed by atoms with Gasteiger partial charge < -0.3 is 29.4 Å². The topological polar surface area (TPSA) is 184 Å². The summed E-state index contributed by atoms with van der Waals surface area (Å²) in [6.45, 7) is 10.9. The molecule has 0 spiro atoms. The molecule has 2 aromatic heterocycles. The van der Waals surface area contributed by atoms with E-state index in [0.29, 0.717) is 44.1 Å². The Morgan fingerprint density at radius 3 is 2.61 bits per heavy atom. The molecule has 6 aliphatic rings. The van der Waals surface area contributed by atoms with Crippen molar-refractivity contribution in [2.24, 2.45) is 5.41 Å². The molecule has 4 fully saturated rings. The van der Waals surface area contributed by atoms with Crippen molar-refractivity contribution < 1.29 is 32.3 Å². The molecular weight excluding hydrogens is 896 g/mol. The van der Waals surface area contributed by atoms with Crippen LogP contribution in [0.1, 0.15) is 68.3 Å². The van der Waals surface area contributed by atoms with Crippen molar-refractivity contribution in [1.82, 2.24) is 24.5 Å². The van der Waals surface area contributed by atoms with Gasteiger partial charge in [-0.1, -0.05) is 43.2 Å². The zero-order chi connectivity index (χ0) is 46.5. The summed E-state index contributed by atoms with van der Waals surface area (Å²) in [5.41, 5.74) is 5.36. The largest absolute Gasteiger partial charge is 0.491 e. The van der Waals surface area contributed by atoms with Crippen LogP contribution in [0.3, 0.4) is 0 Å². The highest BCUT2D eigenvalue weighted by atomic mass is 35.5. The van der Waals surface area contributed by atoms with Crippen molar-refractivity contribution in [3.05, 3.63) is 111 Å². The van der Waals surface area contributed by atoms with Gasteiger partial charge in [-0.15, -0.1) is 0 Å². The Bertz CT molecular complexity index is 2840. The summed E-state index contributed by atoms with van der Waals surface area (Å²) >= 11 is 6.26. The van der Waals surface area contributed by atoms with Gasteiger partial charge in [-0.3, -0.25) is 24.7 Å². The summed E-state index contributed by atoms with van der Waals surface area (Å²) in [6.07, 6.45) is 9.26. The van der Waals surface area contributed by atoms with E-state index in [0.717, 1.165) is 80.4 Å². The lowest BCUT2D eigenvalue weighted by Crippen LogP contribution is -2.56. The number of hydrogen-bond donors (Lipinski definition) is 3. The van der Waals surface area contributed by atoms with Gasteiger partial charge in [0, 0.05) is 105 Å². The molecule has 7 heterocycles. The number of aromatic amines is 1. The number of benzene rings is 3. The van der Waals surface area contributed by atoms with Crippen molar-refractivity contribution in [3.8, 4) is 17.2 Å². The number of piperazine rings is 1. The van der Waals surface area contributed by atoms with Gasteiger partial charge in [0.25, 0.3) is 21.6 Å². The molecule has 3 aromatic carbocycles. The fourth-order valence-corrected chi connectivity index (χ4v) is 11.3. The average molecular weight is 952 g/mol. The summed E-state index contributed by atoms with van der Waals surface area (Å²) in [5.74, 6) is -0.488. The minimum atomic E-state index is -4.67. The zero-order valence-corrected chi connectivity index (χ0v) is 39.2. The molecule has 1 amide bonds. The quantitative estimate of drug-likeness (QED) is 0.0803. The van der Waals surface area contributed by atoms with Crippen molar-refractivity contribution in [2.45, 2.75) is 75.5 Å². The van der Waals surface area contributed by atoms with Gasteiger partial charge in [0.15, 0.2) is 11.4 Å². The summed E-state index contributed by atoms with van der Waals surface area (Å²) < 4.78 is 48.5. The Kier molecular flexibility index (Phi) is 12.4. The van der Waals surface area contributed by atoms with E-state index in [9.17, 15) is 23.3 Å². The lowest BCUT2D eigenvalue weighted by Gasteiger charge is -2.46. The fraction of sp³-hybridized carbons (Fsp3) is 0.429. The van der Waals surface area contributed by atoms with Crippen LogP contribution in [0.2, 0.25) is 5.02 Å². The summed E-state index contributed by atoms with van der Waals surface area (Å²) in [4.78, 5) is 40.1. The third-order valence-electron chi connectivity index (χ3n) is 14.0. The van der Waals surface area contributed by atoms with Crippen LogP contribution in [0.25, 0.3) is 16.6 Å². The molecule has 3 atom stereocenters. The monoisotopic (exact) mass is 950 g/mol. The molecule has 0 saturated carbocycles. The van der Waals surface area contributed by atoms with E-state index in [2.05, 4.69) is 60.7 Å². The number of H-pyrrole nitrogens is 1. The number of carbonyl (C=O) groups is 1. The molecule has 5 aliphatic heterocycles. The number of sulfonamides is 1. The van der Waals surface area contributed by atoms with E-state index in [1.807, 2.05) is 18.2 Å². The molecule has 4 saturated heterocycles.